The molecule has 0 aliphatic carbocycles. The second kappa shape index (κ2) is 8.44. The van der Waals surface area contributed by atoms with Gasteiger partial charge in [-0.15, -0.1) is 0 Å². The van der Waals surface area contributed by atoms with E-state index in [9.17, 15) is 10.2 Å². The highest BCUT2D eigenvalue weighted by Gasteiger charge is 2.25. The maximum Gasteiger partial charge on any atom is 0.137 e. The summed E-state index contributed by atoms with van der Waals surface area (Å²) in [7, 11) is 0. The molecule has 1 saturated heterocycles. The molecule has 3 heterocycles. The topological polar surface area (TPSA) is 75.6 Å². The number of hydrogen-bond acceptors (Lipinski definition) is 5. The van der Waals surface area contributed by atoms with Crippen LogP contribution in [0.25, 0.3) is 11.3 Å². The second-order valence-corrected chi connectivity index (χ2v) is 8.94. The fraction of sp³-hybridized carbons (Fsp3) is 0.375. The molecule has 5 rings (SSSR count). The average molecular weight is 439 g/mol. The van der Waals surface area contributed by atoms with Gasteiger partial charge < -0.3 is 15.1 Å². The first kappa shape index (κ1) is 20.2. The van der Waals surface area contributed by atoms with Gasteiger partial charge in [0.2, 0.25) is 0 Å². The summed E-state index contributed by atoms with van der Waals surface area (Å²) in [5.41, 5.74) is 6.04. The summed E-state index contributed by atoms with van der Waals surface area (Å²) in [6.45, 7) is 4.85. The first-order chi connectivity index (χ1) is 15.1. The van der Waals surface area contributed by atoms with Crippen molar-refractivity contribution in [3.8, 4) is 22.8 Å². The van der Waals surface area contributed by atoms with Crippen LogP contribution in [-0.2, 0) is 19.5 Å². The smallest absolute Gasteiger partial charge is 0.137 e. The van der Waals surface area contributed by atoms with E-state index in [1.165, 1.54) is 36.6 Å². The van der Waals surface area contributed by atoms with E-state index in [1.54, 1.807) is 6.07 Å². The Balaban J connectivity index is 1.36. The van der Waals surface area contributed by atoms with Crippen molar-refractivity contribution in [1.82, 2.24) is 15.1 Å². The number of nitrogens with one attached hydrogen (secondary N) is 1. The molecule has 7 heteroatoms. The van der Waals surface area contributed by atoms with E-state index in [1.807, 2.05) is 0 Å². The summed E-state index contributed by atoms with van der Waals surface area (Å²) in [5, 5.41) is 27.9. The fourth-order valence-electron chi connectivity index (χ4n) is 4.71. The number of aromatic hydroxyl groups is 2. The molecule has 2 aromatic carbocycles. The van der Waals surface area contributed by atoms with E-state index in [0.717, 1.165) is 50.4 Å². The van der Waals surface area contributed by atoms with Gasteiger partial charge in [0.1, 0.15) is 17.2 Å². The first-order valence-electron chi connectivity index (χ1n) is 10.9. The molecular weight excluding hydrogens is 412 g/mol. The zero-order chi connectivity index (χ0) is 21.4. The minimum Gasteiger partial charge on any atom is -0.507 e. The SMILES string of the molecule is Oc1cc(O)c(-c2n[nH]c3c2CN(Cc2cccc(N4CCCCC4)c2)CC3)cc1Cl. The molecule has 0 amide bonds. The van der Waals surface area contributed by atoms with Crippen LogP contribution in [0, 0.1) is 0 Å². The van der Waals surface area contributed by atoms with Gasteiger partial charge in [0.15, 0.2) is 0 Å². The van der Waals surface area contributed by atoms with Gasteiger partial charge in [-0.3, -0.25) is 10.00 Å². The van der Waals surface area contributed by atoms with E-state index in [4.69, 9.17) is 11.6 Å². The van der Waals surface area contributed by atoms with Crippen LogP contribution in [0.5, 0.6) is 11.5 Å². The lowest BCUT2D eigenvalue weighted by molar-refractivity contribution is 0.245. The van der Waals surface area contributed by atoms with Crippen molar-refractivity contribution in [2.24, 2.45) is 0 Å². The third-order valence-electron chi connectivity index (χ3n) is 6.37. The number of phenolic OH excluding ortho intramolecular Hbond substituents is 2. The summed E-state index contributed by atoms with van der Waals surface area (Å²) in [4.78, 5) is 4.91. The maximum atomic E-state index is 10.4. The minimum absolute atomic E-state index is 0.0254. The van der Waals surface area contributed by atoms with Crippen LogP contribution in [0.15, 0.2) is 36.4 Å². The summed E-state index contributed by atoms with van der Waals surface area (Å²) in [5.74, 6) is -0.162. The number of benzene rings is 2. The van der Waals surface area contributed by atoms with E-state index in [2.05, 4.69) is 44.3 Å². The van der Waals surface area contributed by atoms with Crippen LogP contribution in [0.4, 0.5) is 5.69 Å². The molecule has 1 fully saturated rings. The third-order valence-corrected chi connectivity index (χ3v) is 6.67. The Morgan fingerprint density at radius 1 is 1.00 bits per heavy atom. The molecule has 0 radical (unpaired) electrons. The predicted octanol–water partition coefficient (Wildman–Crippen LogP) is 4.69. The minimum atomic E-state index is -0.137. The Bertz CT molecular complexity index is 1090. The van der Waals surface area contributed by atoms with Crippen LogP contribution >= 0.6 is 11.6 Å². The van der Waals surface area contributed by atoms with Gasteiger partial charge in [-0.2, -0.15) is 5.10 Å². The van der Waals surface area contributed by atoms with Crippen molar-refractivity contribution in [2.45, 2.75) is 38.8 Å². The number of rotatable bonds is 4. The molecule has 0 bridgehead atoms. The molecular formula is C24H27ClN4O2. The molecule has 0 atom stereocenters. The molecule has 0 unspecified atom stereocenters. The van der Waals surface area contributed by atoms with Crippen molar-refractivity contribution in [3.63, 3.8) is 0 Å². The quantitative estimate of drug-likeness (QED) is 0.551. The standard InChI is InChI=1S/C24H27ClN4O2/c25-20-12-18(22(30)13-23(20)31)24-19-15-28(10-7-21(19)26-27-24)14-16-5-4-6-17(11-16)29-8-2-1-3-9-29/h4-6,11-13,30-31H,1-3,7-10,14-15H2,(H,26,27). The van der Waals surface area contributed by atoms with E-state index >= 15 is 0 Å². The van der Waals surface area contributed by atoms with Crippen LogP contribution in [0.2, 0.25) is 5.02 Å². The molecule has 1 aromatic heterocycles. The predicted molar refractivity (Wildman–Crippen MR) is 123 cm³/mol. The molecule has 6 nitrogen and oxygen atoms in total. The lowest BCUT2D eigenvalue weighted by atomic mass is 9.99. The van der Waals surface area contributed by atoms with Gasteiger partial charge >= 0.3 is 0 Å². The Kier molecular flexibility index (Phi) is 5.50. The molecule has 3 N–H and O–H groups in total. The van der Waals surface area contributed by atoms with Crippen LogP contribution in [0.3, 0.4) is 0 Å². The zero-order valence-electron chi connectivity index (χ0n) is 17.4. The van der Waals surface area contributed by atoms with Crippen molar-refractivity contribution >= 4 is 17.3 Å². The molecule has 2 aliphatic heterocycles. The lowest BCUT2D eigenvalue weighted by Crippen LogP contribution is -2.31. The highest BCUT2D eigenvalue weighted by atomic mass is 35.5. The highest BCUT2D eigenvalue weighted by molar-refractivity contribution is 6.32. The number of H-pyrrole nitrogens is 1. The summed E-state index contributed by atoms with van der Waals surface area (Å²) in [6.07, 6.45) is 4.76. The van der Waals surface area contributed by atoms with Gasteiger partial charge in [-0.1, -0.05) is 23.7 Å². The number of anilines is 1. The first-order valence-corrected chi connectivity index (χ1v) is 11.3. The van der Waals surface area contributed by atoms with Gasteiger partial charge in [0, 0.05) is 67.7 Å². The van der Waals surface area contributed by atoms with E-state index in [0.29, 0.717) is 11.3 Å². The Hall–Kier alpha value is -2.70. The maximum absolute atomic E-state index is 10.4. The number of fused-ring (bicyclic) bond motifs is 1. The number of hydrogen-bond donors (Lipinski definition) is 3. The molecule has 3 aromatic rings. The fourth-order valence-corrected chi connectivity index (χ4v) is 4.87. The van der Waals surface area contributed by atoms with Crippen molar-refractivity contribution in [1.29, 1.82) is 0 Å². The number of aromatic nitrogens is 2. The number of nitrogens with zero attached hydrogens (tertiary/aromatic N) is 3. The second-order valence-electron chi connectivity index (χ2n) is 8.53. The largest absolute Gasteiger partial charge is 0.507 e. The van der Waals surface area contributed by atoms with E-state index < -0.39 is 0 Å². The van der Waals surface area contributed by atoms with Crippen LogP contribution in [-0.4, -0.2) is 44.9 Å². The average Bonchev–Trinajstić information content (AvgIpc) is 3.20. The van der Waals surface area contributed by atoms with Gasteiger partial charge in [0.25, 0.3) is 0 Å². The normalized spacial score (nSPS) is 17.0. The summed E-state index contributed by atoms with van der Waals surface area (Å²) < 4.78 is 0. The van der Waals surface area contributed by atoms with Gasteiger partial charge in [0.05, 0.1) is 5.02 Å². The molecule has 0 saturated carbocycles. The number of phenols is 2. The van der Waals surface area contributed by atoms with Gasteiger partial charge in [-0.25, -0.2) is 0 Å². The van der Waals surface area contributed by atoms with Crippen molar-refractivity contribution < 1.29 is 10.2 Å². The lowest BCUT2D eigenvalue weighted by Gasteiger charge is -2.30. The Morgan fingerprint density at radius 2 is 1.84 bits per heavy atom. The Morgan fingerprint density at radius 3 is 2.68 bits per heavy atom. The van der Waals surface area contributed by atoms with Crippen molar-refractivity contribution in [3.05, 3.63) is 58.2 Å². The number of halogens is 1. The number of piperidine rings is 1. The third kappa shape index (κ3) is 4.10. The van der Waals surface area contributed by atoms with Gasteiger partial charge in [-0.05, 0) is 43.0 Å². The molecule has 2 aliphatic rings. The van der Waals surface area contributed by atoms with Crippen LogP contribution < -0.4 is 4.90 Å². The monoisotopic (exact) mass is 438 g/mol. The molecule has 0 spiro atoms. The van der Waals surface area contributed by atoms with Crippen LogP contribution in [0.1, 0.15) is 36.1 Å². The number of aromatic amines is 1. The Labute approximate surface area is 187 Å². The molecule has 162 valence electrons. The zero-order valence-corrected chi connectivity index (χ0v) is 18.2. The summed E-state index contributed by atoms with van der Waals surface area (Å²) >= 11 is 6.09. The summed E-state index contributed by atoms with van der Waals surface area (Å²) in [6, 6.07) is 11.7. The van der Waals surface area contributed by atoms with Crippen molar-refractivity contribution in [2.75, 3.05) is 24.5 Å². The molecule has 31 heavy (non-hydrogen) atoms. The highest BCUT2D eigenvalue weighted by Crippen LogP contribution is 2.39. The van der Waals surface area contributed by atoms with E-state index in [-0.39, 0.29) is 16.5 Å².